The van der Waals surface area contributed by atoms with E-state index in [1.54, 1.807) is 12.1 Å². The lowest BCUT2D eigenvalue weighted by Gasteiger charge is -2.38. The minimum Gasteiger partial charge on any atom is -0.368 e. The van der Waals surface area contributed by atoms with Crippen molar-refractivity contribution in [1.29, 1.82) is 0 Å². The molecule has 0 bridgehead atoms. The zero-order valence-corrected chi connectivity index (χ0v) is 22.0. The second-order valence-electron chi connectivity index (χ2n) is 8.61. The van der Waals surface area contributed by atoms with Gasteiger partial charge in [0, 0.05) is 46.5 Å². The topological polar surface area (TPSA) is 64.7 Å². The average molecular weight is 585 g/mol. The van der Waals surface area contributed by atoms with Crippen molar-refractivity contribution in [1.82, 2.24) is 10.2 Å². The van der Waals surface area contributed by atoms with Crippen LogP contribution in [-0.2, 0) is 4.79 Å². The molecule has 0 atom stereocenters. The summed E-state index contributed by atoms with van der Waals surface area (Å²) in [5, 5.41) is 6.27. The molecule has 1 heterocycles. The van der Waals surface area contributed by atoms with Gasteiger partial charge in [0.25, 0.3) is 5.91 Å². The van der Waals surface area contributed by atoms with Crippen molar-refractivity contribution in [2.45, 2.75) is 20.8 Å². The van der Waals surface area contributed by atoms with Crippen molar-refractivity contribution < 1.29 is 9.59 Å². The average Bonchev–Trinajstić information content (AvgIpc) is 2.75. The van der Waals surface area contributed by atoms with Crippen LogP contribution in [0.25, 0.3) is 0 Å². The lowest BCUT2D eigenvalue weighted by atomic mass is 9.94. The molecule has 2 N–H and O–H groups in total. The van der Waals surface area contributed by atoms with E-state index in [0.29, 0.717) is 23.7 Å². The first-order valence-corrected chi connectivity index (χ1v) is 12.1. The Kier molecular flexibility index (Phi) is 8.00. The van der Waals surface area contributed by atoms with Gasteiger partial charge in [-0.3, -0.25) is 14.9 Å². The fourth-order valence-corrected chi connectivity index (χ4v) is 4.31. The summed E-state index contributed by atoms with van der Waals surface area (Å²) in [4.78, 5) is 29.1. The molecular weight excluding hydrogens is 559 g/mol. The first kappa shape index (κ1) is 24.7. The lowest BCUT2D eigenvalue weighted by Crippen LogP contribution is -2.51. The molecule has 1 saturated heterocycles. The van der Waals surface area contributed by atoms with Gasteiger partial charge in [0.05, 0.1) is 10.6 Å². The Bertz CT molecular complexity index is 1020. The van der Waals surface area contributed by atoms with Gasteiger partial charge >= 0.3 is 0 Å². The lowest BCUT2D eigenvalue weighted by molar-refractivity contribution is -0.139. The predicted octanol–water partition coefficient (Wildman–Crippen LogP) is 4.77. The number of hydrogen-bond donors (Lipinski definition) is 2. The van der Waals surface area contributed by atoms with Crippen molar-refractivity contribution in [3.63, 3.8) is 0 Å². The van der Waals surface area contributed by atoms with Crippen LogP contribution in [-0.4, -0.2) is 48.0 Å². The second kappa shape index (κ2) is 10.4. The van der Waals surface area contributed by atoms with Crippen LogP contribution in [0.1, 0.15) is 31.1 Å². The maximum Gasteiger partial charge on any atom is 0.258 e. The molecule has 3 rings (SSSR count). The van der Waals surface area contributed by atoms with Gasteiger partial charge < -0.3 is 15.1 Å². The van der Waals surface area contributed by atoms with Crippen LogP contribution >= 0.6 is 46.4 Å². The minimum atomic E-state index is -0.356. The van der Waals surface area contributed by atoms with Crippen LogP contribution in [0.3, 0.4) is 0 Å². The summed E-state index contributed by atoms with van der Waals surface area (Å²) >= 11 is 13.5. The molecule has 1 aliphatic rings. The van der Waals surface area contributed by atoms with Gasteiger partial charge in [-0.1, -0.05) is 32.4 Å². The van der Waals surface area contributed by atoms with Gasteiger partial charge in [-0.2, -0.15) is 0 Å². The number of rotatable bonds is 3. The van der Waals surface area contributed by atoms with Gasteiger partial charge in [-0.15, -0.1) is 0 Å². The summed E-state index contributed by atoms with van der Waals surface area (Å²) in [6.07, 6.45) is 0. The van der Waals surface area contributed by atoms with E-state index in [9.17, 15) is 9.59 Å². The Morgan fingerprint density at radius 1 is 1.03 bits per heavy atom. The molecule has 9 heteroatoms. The maximum absolute atomic E-state index is 12.5. The number of hydrogen-bond acceptors (Lipinski definition) is 4. The molecule has 2 aromatic rings. The summed E-state index contributed by atoms with van der Waals surface area (Å²) in [6, 6.07) is 13.1. The zero-order chi connectivity index (χ0) is 23.5. The second-order valence-corrected chi connectivity index (χ2v) is 10.7. The summed E-state index contributed by atoms with van der Waals surface area (Å²) in [5.74, 6) is -0.163. The standard InChI is InChI=1S/C23H26ClIN4O2S/c1-23(2,3)21(31)29-12-10-28(11-13-29)17-7-5-16(6-8-17)26-22(32)27-20(30)18-14-15(25)4-9-19(18)24/h4-9,14H,10-13H2,1-3H3,(H2,26,27,30,32). The molecular formula is C23H26ClIN4O2S. The van der Waals surface area contributed by atoms with Gasteiger partial charge in [0.15, 0.2) is 5.11 Å². The molecule has 32 heavy (non-hydrogen) atoms. The number of carbonyl (C=O) groups is 2. The van der Waals surface area contributed by atoms with Crippen LogP contribution in [0.5, 0.6) is 0 Å². The number of anilines is 2. The third kappa shape index (κ3) is 6.32. The van der Waals surface area contributed by atoms with E-state index in [2.05, 4.69) is 38.1 Å². The van der Waals surface area contributed by atoms with Crippen LogP contribution in [0, 0.1) is 8.99 Å². The maximum atomic E-state index is 12.5. The molecule has 0 saturated carbocycles. The van der Waals surface area contributed by atoms with Gasteiger partial charge in [0.2, 0.25) is 5.91 Å². The quantitative estimate of drug-likeness (QED) is 0.402. The highest BCUT2D eigenvalue weighted by molar-refractivity contribution is 14.1. The Balaban J connectivity index is 1.54. The zero-order valence-electron chi connectivity index (χ0n) is 18.2. The Morgan fingerprint density at radius 2 is 1.66 bits per heavy atom. The molecule has 2 aromatic carbocycles. The number of halogens is 2. The van der Waals surface area contributed by atoms with Crippen molar-refractivity contribution in [3.05, 3.63) is 56.6 Å². The number of carbonyl (C=O) groups excluding carboxylic acids is 2. The predicted molar refractivity (Wildman–Crippen MR) is 143 cm³/mol. The van der Waals surface area contributed by atoms with E-state index in [4.69, 9.17) is 23.8 Å². The molecule has 0 radical (unpaired) electrons. The number of thiocarbonyl (C=S) groups is 1. The molecule has 0 unspecified atom stereocenters. The van der Waals surface area contributed by atoms with Gasteiger partial charge in [0.1, 0.15) is 0 Å². The van der Waals surface area contributed by atoms with E-state index < -0.39 is 0 Å². The first-order chi connectivity index (χ1) is 15.0. The fourth-order valence-electron chi connectivity index (χ4n) is 3.40. The Morgan fingerprint density at radius 3 is 2.25 bits per heavy atom. The normalized spacial score (nSPS) is 14.2. The minimum absolute atomic E-state index is 0.193. The SMILES string of the molecule is CC(C)(C)C(=O)N1CCN(c2ccc(NC(=S)NC(=O)c3cc(I)ccc3Cl)cc2)CC1. The number of benzene rings is 2. The third-order valence-electron chi connectivity index (χ3n) is 5.10. The summed E-state index contributed by atoms with van der Waals surface area (Å²) in [7, 11) is 0. The summed E-state index contributed by atoms with van der Waals surface area (Å²) < 4.78 is 0.912. The highest BCUT2D eigenvalue weighted by atomic mass is 127. The fraction of sp³-hybridized carbons (Fsp3) is 0.348. The largest absolute Gasteiger partial charge is 0.368 e. The van der Waals surface area contributed by atoms with E-state index >= 15 is 0 Å². The Labute approximate surface area is 212 Å². The number of amides is 2. The van der Waals surface area contributed by atoms with Crippen molar-refractivity contribution in [2.75, 3.05) is 36.4 Å². The smallest absolute Gasteiger partial charge is 0.258 e. The molecule has 0 aliphatic carbocycles. The van der Waals surface area contributed by atoms with Crippen LogP contribution < -0.4 is 15.5 Å². The van der Waals surface area contributed by atoms with E-state index in [1.807, 2.05) is 56.0 Å². The van der Waals surface area contributed by atoms with E-state index in [1.165, 1.54) is 0 Å². The molecule has 2 amide bonds. The van der Waals surface area contributed by atoms with Gasteiger partial charge in [-0.05, 0) is 77.3 Å². The van der Waals surface area contributed by atoms with Crippen molar-refractivity contribution in [3.8, 4) is 0 Å². The molecule has 0 spiro atoms. The van der Waals surface area contributed by atoms with Crippen LogP contribution in [0.15, 0.2) is 42.5 Å². The molecule has 6 nitrogen and oxygen atoms in total. The third-order valence-corrected chi connectivity index (χ3v) is 6.30. The molecule has 1 aliphatic heterocycles. The highest BCUT2D eigenvalue weighted by Gasteiger charge is 2.29. The highest BCUT2D eigenvalue weighted by Crippen LogP contribution is 2.23. The van der Waals surface area contributed by atoms with Crippen LogP contribution in [0.4, 0.5) is 11.4 Å². The summed E-state index contributed by atoms with van der Waals surface area (Å²) in [5.41, 5.74) is 1.88. The number of nitrogens with one attached hydrogen (secondary N) is 2. The molecule has 1 fully saturated rings. The van der Waals surface area contributed by atoms with Crippen molar-refractivity contribution >= 4 is 74.7 Å². The van der Waals surface area contributed by atoms with Crippen LogP contribution in [0.2, 0.25) is 5.02 Å². The van der Waals surface area contributed by atoms with Crippen molar-refractivity contribution in [2.24, 2.45) is 5.41 Å². The van der Waals surface area contributed by atoms with E-state index in [-0.39, 0.29) is 22.3 Å². The van der Waals surface area contributed by atoms with E-state index in [0.717, 1.165) is 28.0 Å². The summed E-state index contributed by atoms with van der Waals surface area (Å²) in [6.45, 7) is 8.88. The number of piperazine rings is 1. The number of nitrogens with zero attached hydrogens (tertiary/aromatic N) is 2. The Hall–Kier alpha value is -1.91. The van der Waals surface area contributed by atoms with Gasteiger partial charge in [-0.25, -0.2) is 0 Å². The molecule has 0 aromatic heterocycles. The molecule has 170 valence electrons. The first-order valence-electron chi connectivity index (χ1n) is 10.3. The monoisotopic (exact) mass is 584 g/mol.